The Balaban J connectivity index is 1.49. The van der Waals surface area contributed by atoms with Gasteiger partial charge < -0.3 is 9.84 Å². The third-order valence-corrected chi connectivity index (χ3v) is 4.06. The molecule has 0 aliphatic rings. The van der Waals surface area contributed by atoms with Gasteiger partial charge in [-0.2, -0.15) is 0 Å². The Kier molecular flexibility index (Phi) is 5.65. The summed E-state index contributed by atoms with van der Waals surface area (Å²) in [4.78, 5) is 0. The lowest BCUT2D eigenvalue weighted by Crippen LogP contribution is -1.99. The smallest absolute Gasteiger partial charge is 0.119 e. The Hall–Kier alpha value is -2.58. The second-order valence-corrected chi connectivity index (χ2v) is 5.88. The number of rotatable bonds is 7. The van der Waals surface area contributed by atoms with Gasteiger partial charge in [-0.25, -0.2) is 0 Å². The van der Waals surface area contributed by atoms with Crippen molar-refractivity contribution in [3.63, 3.8) is 0 Å². The topological polar surface area (TPSA) is 29.5 Å². The van der Waals surface area contributed by atoms with E-state index in [-0.39, 0.29) is 0 Å². The molecule has 24 heavy (non-hydrogen) atoms. The van der Waals surface area contributed by atoms with E-state index < -0.39 is 6.10 Å². The Morgan fingerprint density at radius 3 is 2.00 bits per heavy atom. The van der Waals surface area contributed by atoms with Gasteiger partial charge >= 0.3 is 0 Å². The molecule has 0 fully saturated rings. The molecule has 3 aromatic rings. The van der Waals surface area contributed by atoms with Crippen LogP contribution in [0.25, 0.3) is 0 Å². The van der Waals surface area contributed by atoms with Gasteiger partial charge in [0, 0.05) is 0 Å². The lowest BCUT2D eigenvalue weighted by Gasteiger charge is -2.11. The van der Waals surface area contributed by atoms with E-state index in [2.05, 4.69) is 24.3 Å². The number of ether oxygens (including phenoxy) is 1. The molecule has 0 heterocycles. The van der Waals surface area contributed by atoms with E-state index >= 15 is 0 Å². The van der Waals surface area contributed by atoms with Gasteiger partial charge in [0.15, 0.2) is 0 Å². The number of aryl methyl sites for hydroxylation is 1. The minimum absolute atomic E-state index is 0.416. The predicted octanol–water partition coefficient (Wildman–Crippen LogP) is 4.93. The molecule has 0 aliphatic heterocycles. The van der Waals surface area contributed by atoms with Crippen LogP contribution in [0, 0.1) is 0 Å². The molecule has 1 N–H and O–H groups in total. The van der Waals surface area contributed by atoms with Gasteiger partial charge in [0.2, 0.25) is 0 Å². The number of benzene rings is 3. The minimum atomic E-state index is -0.416. The van der Waals surface area contributed by atoms with Crippen LogP contribution in [-0.4, -0.2) is 5.11 Å². The number of aliphatic hydroxyl groups excluding tert-OH is 1. The normalized spacial score (nSPS) is 11.9. The van der Waals surface area contributed by atoms with Crippen LogP contribution in [0.3, 0.4) is 0 Å². The van der Waals surface area contributed by atoms with Crippen LogP contribution < -0.4 is 4.74 Å². The molecule has 2 nitrogen and oxygen atoms in total. The zero-order valence-corrected chi connectivity index (χ0v) is 13.6. The highest BCUT2D eigenvalue weighted by Gasteiger charge is 2.07. The van der Waals surface area contributed by atoms with Crippen molar-refractivity contribution in [1.29, 1.82) is 0 Å². The van der Waals surface area contributed by atoms with Crippen LogP contribution >= 0.6 is 0 Å². The van der Waals surface area contributed by atoms with Crippen LogP contribution in [0.4, 0.5) is 0 Å². The summed E-state index contributed by atoms with van der Waals surface area (Å²) in [5.74, 6) is 0.867. The van der Waals surface area contributed by atoms with Crippen molar-refractivity contribution in [2.75, 3.05) is 0 Å². The third-order valence-electron chi connectivity index (χ3n) is 4.06. The number of aliphatic hydroxyl groups is 1. The van der Waals surface area contributed by atoms with Crippen LogP contribution in [0.1, 0.15) is 29.2 Å². The summed E-state index contributed by atoms with van der Waals surface area (Å²) in [6, 6.07) is 28.1. The van der Waals surface area contributed by atoms with Crippen molar-refractivity contribution in [3.05, 3.63) is 102 Å². The van der Waals surface area contributed by atoms with E-state index in [4.69, 9.17) is 4.74 Å². The van der Waals surface area contributed by atoms with E-state index in [9.17, 15) is 5.11 Å². The van der Waals surface area contributed by atoms with Gasteiger partial charge in [-0.05, 0) is 41.7 Å². The molecule has 2 heteroatoms. The first kappa shape index (κ1) is 16.3. The highest BCUT2D eigenvalue weighted by Crippen LogP contribution is 2.20. The highest BCUT2D eigenvalue weighted by atomic mass is 16.5. The van der Waals surface area contributed by atoms with Crippen LogP contribution in [-0.2, 0) is 13.0 Å². The monoisotopic (exact) mass is 318 g/mol. The van der Waals surface area contributed by atoms with Gasteiger partial charge in [0.25, 0.3) is 0 Å². The first-order chi connectivity index (χ1) is 11.8. The second kappa shape index (κ2) is 8.32. The van der Waals surface area contributed by atoms with E-state index in [0.29, 0.717) is 13.0 Å². The summed E-state index contributed by atoms with van der Waals surface area (Å²) in [5.41, 5.74) is 3.34. The summed E-state index contributed by atoms with van der Waals surface area (Å²) >= 11 is 0. The van der Waals surface area contributed by atoms with E-state index in [1.807, 2.05) is 60.7 Å². The second-order valence-electron chi connectivity index (χ2n) is 5.88. The fourth-order valence-corrected chi connectivity index (χ4v) is 2.64. The van der Waals surface area contributed by atoms with Gasteiger partial charge in [0.05, 0.1) is 6.10 Å². The maximum absolute atomic E-state index is 10.2. The molecule has 0 saturated carbocycles. The van der Waals surface area contributed by atoms with Crippen molar-refractivity contribution in [3.8, 4) is 5.75 Å². The molecular formula is C22H22O2. The molecule has 0 aliphatic carbocycles. The molecule has 0 spiro atoms. The van der Waals surface area contributed by atoms with Crippen LogP contribution in [0.15, 0.2) is 84.9 Å². The van der Waals surface area contributed by atoms with E-state index in [0.717, 1.165) is 23.3 Å². The van der Waals surface area contributed by atoms with E-state index in [1.54, 1.807) is 0 Å². The number of hydrogen-bond acceptors (Lipinski definition) is 2. The molecule has 0 amide bonds. The Bertz CT molecular complexity index is 721. The molecular weight excluding hydrogens is 296 g/mol. The maximum Gasteiger partial charge on any atom is 0.119 e. The lowest BCUT2D eigenvalue weighted by molar-refractivity contribution is 0.168. The molecule has 0 aromatic heterocycles. The predicted molar refractivity (Wildman–Crippen MR) is 96.9 cm³/mol. The summed E-state index contributed by atoms with van der Waals surface area (Å²) in [6.07, 6.45) is 1.14. The summed E-state index contributed by atoms with van der Waals surface area (Å²) < 4.78 is 5.79. The van der Waals surface area contributed by atoms with Crippen molar-refractivity contribution in [2.45, 2.75) is 25.6 Å². The van der Waals surface area contributed by atoms with Gasteiger partial charge in [0.1, 0.15) is 12.4 Å². The molecule has 3 aromatic carbocycles. The van der Waals surface area contributed by atoms with Crippen molar-refractivity contribution in [2.24, 2.45) is 0 Å². The summed E-state index contributed by atoms with van der Waals surface area (Å²) in [5, 5.41) is 10.2. The van der Waals surface area contributed by atoms with Crippen LogP contribution in [0.5, 0.6) is 5.75 Å². The van der Waals surface area contributed by atoms with Gasteiger partial charge in [-0.15, -0.1) is 0 Å². The van der Waals surface area contributed by atoms with Gasteiger partial charge in [-0.1, -0.05) is 72.8 Å². The van der Waals surface area contributed by atoms with E-state index in [1.165, 1.54) is 5.56 Å². The fraction of sp³-hybridized carbons (Fsp3) is 0.182. The van der Waals surface area contributed by atoms with Crippen molar-refractivity contribution >= 4 is 0 Å². The molecule has 1 atom stereocenters. The van der Waals surface area contributed by atoms with Crippen molar-refractivity contribution in [1.82, 2.24) is 0 Å². The fourth-order valence-electron chi connectivity index (χ4n) is 2.64. The first-order valence-corrected chi connectivity index (χ1v) is 8.30. The zero-order valence-electron chi connectivity index (χ0n) is 13.6. The molecule has 0 bridgehead atoms. The quantitative estimate of drug-likeness (QED) is 0.669. The minimum Gasteiger partial charge on any atom is -0.489 e. The van der Waals surface area contributed by atoms with Crippen molar-refractivity contribution < 1.29 is 9.84 Å². The zero-order chi connectivity index (χ0) is 16.6. The molecule has 0 radical (unpaired) electrons. The third kappa shape index (κ3) is 4.71. The average Bonchev–Trinajstić information content (AvgIpc) is 2.67. The lowest BCUT2D eigenvalue weighted by atomic mass is 10.0. The maximum atomic E-state index is 10.2. The summed E-state index contributed by atoms with van der Waals surface area (Å²) in [6.45, 7) is 0.576. The number of hydrogen-bond donors (Lipinski definition) is 1. The highest BCUT2D eigenvalue weighted by molar-refractivity contribution is 5.28. The first-order valence-electron chi connectivity index (χ1n) is 8.30. The molecule has 1 unspecified atom stereocenters. The Morgan fingerprint density at radius 1 is 0.708 bits per heavy atom. The largest absolute Gasteiger partial charge is 0.489 e. The molecule has 0 saturated heterocycles. The standard InChI is InChI=1S/C22H22O2/c23-22(20-9-5-2-6-10-20)16-13-18-11-14-21(15-12-18)24-17-19-7-3-1-4-8-19/h1-12,14-15,22-23H,13,16-17H2. The Morgan fingerprint density at radius 2 is 1.33 bits per heavy atom. The SMILES string of the molecule is OC(CCc1ccc(OCc2ccccc2)cc1)c1ccccc1. The average molecular weight is 318 g/mol. The Labute approximate surface area is 143 Å². The molecule has 3 rings (SSSR count). The van der Waals surface area contributed by atoms with Crippen LogP contribution in [0.2, 0.25) is 0 Å². The summed E-state index contributed by atoms with van der Waals surface area (Å²) in [7, 11) is 0. The van der Waals surface area contributed by atoms with Gasteiger partial charge in [-0.3, -0.25) is 0 Å². The molecule has 122 valence electrons.